The second kappa shape index (κ2) is 5.69. The third-order valence-corrected chi connectivity index (χ3v) is 3.14. The first kappa shape index (κ1) is 15.0. The molecule has 0 amide bonds. The van der Waals surface area contributed by atoms with Gasteiger partial charge in [-0.15, -0.1) is 0 Å². The van der Waals surface area contributed by atoms with E-state index in [0.717, 1.165) is 17.4 Å². The highest BCUT2D eigenvalue weighted by molar-refractivity contribution is 7.17. The fourth-order valence-electron chi connectivity index (χ4n) is 1.28. The Morgan fingerprint density at radius 3 is 2.56 bits per heavy atom. The van der Waals surface area contributed by atoms with Crippen molar-refractivity contribution in [3.63, 3.8) is 0 Å². The number of esters is 1. The van der Waals surface area contributed by atoms with E-state index in [0.29, 0.717) is 10.8 Å². The van der Waals surface area contributed by atoms with E-state index >= 15 is 0 Å². The van der Waals surface area contributed by atoms with Crippen molar-refractivity contribution in [3.8, 4) is 0 Å². The molecule has 0 saturated carbocycles. The van der Waals surface area contributed by atoms with Gasteiger partial charge in [-0.2, -0.15) is 0 Å². The number of carbonyl (C=O) groups is 1. The minimum absolute atomic E-state index is 0.296. The van der Waals surface area contributed by atoms with Gasteiger partial charge < -0.3 is 10.1 Å². The summed E-state index contributed by atoms with van der Waals surface area (Å²) in [7, 11) is 0. The van der Waals surface area contributed by atoms with Crippen LogP contribution >= 0.6 is 11.3 Å². The number of hydrogen-bond donors (Lipinski definition) is 1. The van der Waals surface area contributed by atoms with Gasteiger partial charge in [-0.05, 0) is 33.6 Å². The van der Waals surface area contributed by atoms with Crippen molar-refractivity contribution in [2.24, 2.45) is 5.92 Å². The normalized spacial score (nSPS) is 11.7. The maximum absolute atomic E-state index is 12.0. The van der Waals surface area contributed by atoms with E-state index < -0.39 is 5.60 Å². The highest BCUT2D eigenvalue weighted by Gasteiger charge is 2.22. The average molecular weight is 270 g/mol. The van der Waals surface area contributed by atoms with Gasteiger partial charge in [0.1, 0.15) is 10.5 Å². The van der Waals surface area contributed by atoms with E-state index in [4.69, 9.17) is 4.74 Å². The molecule has 1 aromatic heterocycles. The number of rotatable bonds is 4. The lowest BCUT2D eigenvalue weighted by molar-refractivity contribution is 0.00742. The monoisotopic (exact) mass is 270 g/mol. The summed E-state index contributed by atoms with van der Waals surface area (Å²) < 4.78 is 5.35. The van der Waals surface area contributed by atoms with Crippen molar-refractivity contribution >= 4 is 22.4 Å². The number of nitrogens with one attached hydrogen (secondary N) is 1. The van der Waals surface area contributed by atoms with Crippen LogP contribution < -0.4 is 5.32 Å². The number of aryl methyl sites for hydroxylation is 1. The molecule has 1 aromatic rings. The Bertz CT molecular complexity index is 419. The van der Waals surface area contributed by atoms with Crippen LogP contribution in [0.2, 0.25) is 0 Å². The van der Waals surface area contributed by atoms with E-state index in [1.54, 1.807) is 0 Å². The zero-order valence-corrected chi connectivity index (χ0v) is 12.8. The van der Waals surface area contributed by atoms with Gasteiger partial charge in [0.15, 0.2) is 5.13 Å². The first-order valence-corrected chi connectivity index (χ1v) is 6.95. The summed E-state index contributed by atoms with van der Waals surface area (Å²) in [5.41, 5.74) is 0.250. The van der Waals surface area contributed by atoms with Gasteiger partial charge in [0, 0.05) is 6.54 Å². The molecule has 0 spiro atoms. The topological polar surface area (TPSA) is 51.2 Å². The maximum atomic E-state index is 12.0. The number of nitrogens with zero attached hydrogens (tertiary/aromatic N) is 1. The number of anilines is 1. The van der Waals surface area contributed by atoms with Crippen molar-refractivity contribution in [3.05, 3.63) is 10.6 Å². The summed E-state index contributed by atoms with van der Waals surface area (Å²) in [6, 6.07) is 0. The van der Waals surface area contributed by atoms with Crippen LogP contribution in [0, 0.1) is 12.8 Å². The molecule has 102 valence electrons. The van der Waals surface area contributed by atoms with E-state index in [1.165, 1.54) is 11.3 Å². The largest absolute Gasteiger partial charge is 0.456 e. The third-order valence-electron chi connectivity index (χ3n) is 2.04. The Balaban J connectivity index is 2.75. The zero-order valence-electron chi connectivity index (χ0n) is 12.0. The van der Waals surface area contributed by atoms with Gasteiger partial charge in [0.25, 0.3) is 0 Å². The lowest BCUT2D eigenvalue weighted by Gasteiger charge is -2.18. The second-order valence-corrected chi connectivity index (χ2v) is 6.71. The molecule has 4 nitrogen and oxygen atoms in total. The number of aromatic nitrogens is 1. The molecule has 0 fully saturated rings. The Kier molecular flexibility index (Phi) is 4.73. The molecule has 0 aromatic carbocycles. The molecular formula is C13H22N2O2S. The SMILES string of the molecule is Cc1nc(NCC(C)C)sc1C(=O)OC(C)(C)C. The summed E-state index contributed by atoms with van der Waals surface area (Å²) in [4.78, 5) is 16.9. The lowest BCUT2D eigenvalue weighted by Crippen LogP contribution is -2.23. The number of carbonyl (C=O) groups excluding carboxylic acids is 1. The van der Waals surface area contributed by atoms with E-state index in [1.807, 2.05) is 27.7 Å². The molecule has 0 aliphatic carbocycles. The fourth-order valence-corrected chi connectivity index (χ4v) is 2.13. The van der Waals surface area contributed by atoms with Gasteiger partial charge in [-0.1, -0.05) is 25.2 Å². The van der Waals surface area contributed by atoms with Crippen molar-refractivity contribution < 1.29 is 9.53 Å². The standard InChI is InChI=1S/C13H22N2O2S/c1-8(2)7-14-12-15-9(3)10(18-12)11(16)17-13(4,5)6/h8H,7H2,1-6H3,(H,14,15). The number of hydrogen-bond acceptors (Lipinski definition) is 5. The average Bonchev–Trinajstić information content (AvgIpc) is 2.54. The summed E-state index contributed by atoms with van der Waals surface area (Å²) in [6.45, 7) is 12.5. The predicted molar refractivity (Wildman–Crippen MR) is 75.3 cm³/mol. The Hall–Kier alpha value is -1.10. The molecule has 0 bridgehead atoms. The molecule has 0 radical (unpaired) electrons. The molecule has 18 heavy (non-hydrogen) atoms. The Morgan fingerprint density at radius 1 is 1.44 bits per heavy atom. The highest BCUT2D eigenvalue weighted by Crippen LogP contribution is 2.25. The van der Waals surface area contributed by atoms with Crippen molar-refractivity contribution in [2.45, 2.75) is 47.1 Å². The Morgan fingerprint density at radius 2 is 2.06 bits per heavy atom. The summed E-state index contributed by atoms with van der Waals surface area (Å²) in [6.07, 6.45) is 0. The van der Waals surface area contributed by atoms with Crippen LogP contribution in [-0.4, -0.2) is 23.1 Å². The molecule has 1 rings (SSSR count). The van der Waals surface area contributed by atoms with Crippen LogP contribution in [0.15, 0.2) is 0 Å². The molecule has 0 saturated heterocycles. The third kappa shape index (κ3) is 4.64. The second-order valence-electron chi connectivity index (χ2n) is 5.71. The van der Waals surface area contributed by atoms with Crippen LogP contribution in [0.25, 0.3) is 0 Å². The first-order chi connectivity index (χ1) is 8.19. The van der Waals surface area contributed by atoms with Gasteiger partial charge in [0.2, 0.25) is 0 Å². The molecule has 1 heterocycles. The van der Waals surface area contributed by atoms with E-state index in [9.17, 15) is 4.79 Å². The molecule has 5 heteroatoms. The summed E-state index contributed by atoms with van der Waals surface area (Å²) in [5, 5.41) is 4.00. The molecular weight excluding hydrogens is 248 g/mol. The van der Waals surface area contributed by atoms with Crippen LogP contribution in [0.5, 0.6) is 0 Å². The van der Waals surface area contributed by atoms with Crippen LogP contribution in [0.1, 0.15) is 50.0 Å². The fraction of sp³-hybridized carbons (Fsp3) is 0.692. The lowest BCUT2D eigenvalue weighted by atomic mass is 10.2. The predicted octanol–water partition coefficient (Wildman–Crippen LogP) is 3.47. The highest BCUT2D eigenvalue weighted by atomic mass is 32.1. The minimum atomic E-state index is -0.473. The molecule has 0 aliphatic heterocycles. The molecule has 0 aliphatic rings. The quantitative estimate of drug-likeness (QED) is 0.851. The van der Waals surface area contributed by atoms with Gasteiger partial charge in [-0.25, -0.2) is 9.78 Å². The molecule has 0 atom stereocenters. The molecule has 0 unspecified atom stereocenters. The van der Waals surface area contributed by atoms with E-state index in [2.05, 4.69) is 24.1 Å². The summed E-state index contributed by atoms with van der Waals surface area (Å²) in [5.74, 6) is 0.245. The van der Waals surface area contributed by atoms with Crippen molar-refractivity contribution in [1.29, 1.82) is 0 Å². The number of ether oxygens (including phenoxy) is 1. The van der Waals surface area contributed by atoms with Crippen molar-refractivity contribution in [2.75, 3.05) is 11.9 Å². The zero-order chi connectivity index (χ0) is 13.9. The minimum Gasteiger partial charge on any atom is -0.456 e. The maximum Gasteiger partial charge on any atom is 0.350 e. The van der Waals surface area contributed by atoms with Crippen LogP contribution in [0.3, 0.4) is 0 Å². The van der Waals surface area contributed by atoms with E-state index in [-0.39, 0.29) is 5.97 Å². The van der Waals surface area contributed by atoms with Gasteiger partial charge >= 0.3 is 5.97 Å². The van der Waals surface area contributed by atoms with Crippen LogP contribution in [-0.2, 0) is 4.74 Å². The first-order valence-electron chi connectivity index (χ1n) is 6.13. The Labute approximate surface area is 113 Å². The smallest absolute Gasteiger partial charge is 0.350 e. The van der Waals surface area contributed by atoms with Crippen LogP contribution in [0.4, 0.5) is 5.13 Å². The van der Waals surface area contributed by atoms with Crippen molar-refractivity contribution in [1.82, 2.24) is 4.98 Å². The van der Waals surface area contributed by atoms with Gasteiger partial charge in [0.05, 0.1) is 5.69 Å². The summed E-state index contributed by atoms with van der Waals surface area (Å²) >= 11 is 1.35. The molecule has 1 N–H and O–H groups in total. The van der Waals surface area contributed by atoms with Gasteiger partial charge in [-0.3, -0.25) is 0 Å². The number of thiazole rings is 1.